The summed E-state index contributed by atoms with van der Waals surface area (Å²) >= 11 is 1.52. The Kier molecular flexibility index (Phi) is 4.42. The number of thiazole rings is 1. The summed E-state index contributed by atoms with van der Waals surface area (Å²) in [6.07, 6.45) is 0. The van der Waals surface area contributed by atoms with Gasteiger partial charge in [0.15, 0.2) is 0 Å². The van der Waals surface area contributed by atoms with Crippen LogP contribution in [0.5, 0.6) is 0 Å². The van der Waals surface area contributed by atoms with Gasteiger partial charge in [0.2, 0.25) is 11.7 Å². The van der Waals surface area contributed by atoms with E-state index in [0.29, 0.717) is 12.4 Å². The highest BCUT2D eigenvalue weighted by Gasteiger charge is 2.18. The lowest BCUT2D eigenvalue weighted by Gasteiger charge is -2.10. The molecule has 0 fully saturated rings. The van der Waals surface area contributed by atoms with Crippen molar-refractivity contribution >= 4 is 17.2 Å². The van der Waals surface area contributed by atoms with Gasteiger partial charge in [0.25, 0.3) is 0 Å². The molecule has 23 heavy (non-hydrogen) atoms. The van der Waals surface area contributed by atoms with Crippen LogP contribution < -0.4 is 5.32 Å². The Bertz CT molecular complexity index is 797. The lowest BCUT2D eigenvalue weighted by Crippen LogP contribution is -2.31. The zero-order chi connectivity index (χ0) is 16.2. The van der Waals surface area contributed by atoms with Crippen molar-refractivity contribution in [3.8, 4) is 11.4 Å². The first-order valence-corrected chi connectivity index (χ1v) is 8.04. The highest BCUT2D eigenvalue weighted by molar-refractivity contribution is 7.09. The molecule has 3 aromatic rings. The number of benzene rings is 1. The number of carbonyl (C=O) groups is 1. The molecule has 1 aromatic carbocycles. The van der Waals surface area contributed by atoms with Crippen LogP contribution in [0.2, 0.25) is 0 Å². The van der Waals surface area contributed by atoms with E-state index in [4.69, 9.17) is 0 Å². The van der Waals surface area contributed by atoms with E-state index in [-0.39, 0.29) is 5.91 Å². The van der Waals surface area contributed by atoms with Gasteiger partial charge in [0.05, 0.1) is 17.7 Å². The van der Waals surface area contributed by atoms with Gasteiger partial charge in [-0.25, -0.2) is 4.98 Å². The molecule has 0 spiro atoms. The topological polar surface area (TPSA) is 85.6 Å². The molecule has 8 heteroatoms. The van der Waals surface area contributed by atoms with Gasteiger partial charge in [-0.1, -0.05) is 30.3 Å². The van der Waals surface area contributed by atoms with Gasteiger partial charge in [0, 0.05) is 10.4 Å². The van der Waals surface area contributed by atoms with Gasteiger partial charge in [-0.15, -0.1) is 21.5 Å². The fraction of sp³-hybridized carbons (Fsp3) is 0.267. The van der Waals surface area contributed by atoms with E-state index in [0.717, 1.165) is 16.1 Å². The Morgan fingerprint density at radius 1 is 1.35 bits per heavy atom. The molecule has 0 bridgehead atoms. The first-order chi connectivity index (χ1) is 11.1. The van der Waals surface area contributed by atoms with Gasteiger partial charge >= 0.3 is 0 Å². The minimum Gasteiger partial charge on any atom is -0.349 e. The molecule has 7 nitrogen and oxygen atoms in total. The molecular formula is C15H16N6OS. The number of carbonyl (C=O) groups excluding carboxylic acids is 1. The summed E-state index contributed by atoms with van der Waals surface area (Å²) in [6, 6.07) is 9.00. The normalized spacial score (nSPS) is 12.1. The summed E-state index contributed by atoms with van der Waals surface area (Å²) in [4.78, 5) is 18.8. The van der Waals surface area contributed by atoms with Gasteiger partial charge < -0.3 is 5.32 Å². The van der Waals surface area contributed by atoms with Gasteiger partial charge in [0.1, 0.15) is 6.04 Å². The average molecular weight is 328 g/mol. The van der Waals surface area contributed by atoms with E-state index in [1.807, 2.05) is 37.3 Å². The summed E-state index contributed by atoms with van der Waals surface area (Å²) in [7, 11) is 0. The molecule has 0 saturated carbocycles. The molecule has 0 aliphatic carbocycles. The molecule has 1 amide bonds. The van der Waals surface area contributed by atoms with E-state index in [1.165, 1.54) is 16.1 Å². The Morgan fingerprint density at radius 2 is 2.13 bits per heavy atom. The fourth-order valence-corrected chi connectivity index (χ4v) is 2.72. The second-order valence-corrected chi connectivity index (χ2v) is 5.99. The van der Waals surface area contributed by atoms with E-state index in [1.54, 1.807) is 12.4 Å². The Balaban J connectivity index is 1.66. The molecule has 3 rings (SSSR count). The van der Waals surface area contributed by atoms with Crippen molar-refractivity contribution in [2.75, 3.05) is 0 Å². The number of hydrogen-bond acceptors (Lipinski definition) is 6. The molecule has 0 saturated heterocycles. The molecule has 0 aliphatic rings. The van der Waals surface area contributed by atoms with E-state index in [2.05, 4.69) is 25.7 Å². The predicted octanol–water partition coefficient (Wildman–Crippen LogP) is 1.98. The number of hydrogen-bond donors (Lipinski definition) is 1. The molecule has 0 aliphatic heterocycles. The van der Waals surface area contributed by atoms with Crippen LogP contribution in [0.1, 0.15) is 23.5 Å². The van der Waals surface area contributed by atoms with Gasteiger partial charge in [-0.05, 0) is 19.1 Å². The summed E-state index contributed by atoms with van der Waals surface area (Å²) in [5.41, 5.74) is 3.57. The third kappa shape index (κ3) is 3.42. The number of nitrogens with zero attached hydrogens (tertiary/aromatic N) is 5. The van der Waals surface area contributed by atoms with E-state index < -0.39 is 6.04 Å². The number of nitrogens with one attached hydrogen (secondary N) is 1. The van der Waals surface area contributed by atoms with Crippen molar-refractivity contribution in [1.29, 1.82) is 0 Å². The maximum Gasteiger partial charge on any atom is 0.246 e. The van der Waals surface area contributed by atoms with Crippen LogP contribution in [0.15, 0.2) is 35.8 Å². The van der Waals surface area contributed by atoms with Crippen LogP contribution in [0.25, 0.3) is 11.4 Å². The third-order valence-electron chi connectivity index (χ3n) is 3.45. The Hall–Kier alpha value is -2.61. The summed E-state index contributed by atoms with van der Waals surface area (Å²) in [5, 5.41) is 15.2. The highest BCUT2D eigenvalue weighted by atomic mass is 32.1. The van der Waals surface area contributed by atoms with Crippen LogP contribution in [-0.4, -0.2) is 31.1 Å². The fourth-order valence-electron chi connectivity index (χ4n) is 2.01. The minimum absolute atomic E-state index is 0.158. The minimum atomic E-state index is -0.534. The predicted molar refractivity (Wildman–Crippen MR) is 86.7 cm³/mol. The molecule has 2 heterocycles. The van der Waals surface area contributed by atoms with Crippen molar-refractivity contribution in [2.45, 2.75) is 26.4 Å². The number of tetrazole rings is 1. The molecular weight excluding hydrogens is 312 g/mol. The SMILES string of the molecule is Cc1ncsc1CNC(=O)[C@@H](C)n1nnc(-c2ccccc2)n1. The van der Waals surface area contributed by atoms with Crippen LogP contribution in [0.3, 0.4) is 0 Å². The second-order valence-electron chi connectivity index (χ2n) is 5.05. The van der Waals surface area contributed by atoms with Crippen molar-refractivity contribution < 1.29 is 4.79 Å². The molecule has 1 atom stereocenters. The van der Waals surface area contributed by atoms with E-state index >= 15 is 0 Å². The van der Waals surface area contributed by atoms with Gasteiger partial charge in [-0.3, -0.25) is 4.79 Å². The number of aryl methyl sites for hydroxylation is 1. The third-order valence-corrected chi connectivity index (χ3v) is 4.39. The van der Waals surface area contributed by atoms with Crippen molar-refractivity contribution in [2.24, 2.45) is 0 Å². The quantitative estimate of drug-likeness (QED) is 0.774. The largest absolute Gasteiger partial charge is 0.349 e. The van der Waals surface area contributed by atoms with Crippen molar-refractivity contribution in [1.82, 2.24) is 30.5 Å². The Labute approximate surface area is 137 Å². The van der Waals surface area contributed by atoms with Crippen molar-refractivity contribution in [3.05, 3.63) is 46.4 Å². The zero-order valence-corrected chi connectivity index (χ0v) is 13.6. The number of rotatable bonds is 5. The van der Waals surface area contributed by atoms with E-state index in [9.17, 15) is 4.79 Å². The molecule has 118 valence electrons. The van der Waals surface area contributed by atoms with Crippen LogP contribution >= 0.6 is 11.3 Å². The molecule has 0 radical (unpaired) electrons. The maximum atomic E-state index is 12.2. The monoisotopic (exact) mass is 328 g/mol. The smallest absolute Gasteiger partial charge is 0.246 e. The molecule has 0 unspecified atom stereocenters. The average Bonchev–Trinajstić information content (AvgIpc) is 3.22. The lowest BCUT2D eigenvalue weighted by molar-refractivity contribution is -0.124. The van der Waals surface area contributed by atoms with Crippen LogP contribution in [0, 0.1) is 6.92 Å². The lowest BCUT2D eigenvalue weighted by atomic mass is 10.2. The first kappa shape index (κ1) is 15.3. The van der Waals surface area contributed by atoms with Crippen molar-refractivity contribution in [3.63, 3.8) is 0 Å². The van der Waals surface area contributed by atoms with Crippen LogP contribution in [0.4, 0.5) is 0 Å². The maximum absolute atomic E-state index is 12.2. The molecule has 1 N–H and O–H groups in total. The number of aromatic nitrogens is 5. The second kappa shape index (κ2) is 6.66. The van der Waals surface area contributed by atoms with Crippen LogP contribution in [-0.2, 0) is 11.3 Å². The summed E-state index contributed by atoms with van der Waals surface area (Å²) < 4.78 is 0. The molecule has 2 aromatic heterocycles. The zero-order valence-electron chi connectivity index (χ0n) is 12.8. The number of amides is 1. The first-order valence-electron chi connectivity index (χ1n) is 7.16. The standard InChI is InChI=1S/C15H16N6OS/c1-10-13(23-9-17-10)8-16-15(22)11(2)21-19-14(18-20-21)12-6-4-3-5-7-12/h3-7,9,11H,8H2,1-2H3,(H,16,22)/t11-/m1/s1. The summed E-state index contributed by atoms with van der Waals surface area (Å²) in [6.45, 7) is 4.12. The Morgan fingerprint density at radius 3 is 2.83 bits per heavy atom. The van der Waals surface area contributed by atoms with Gasteiger partial charge in [-0.2, -0.15) is 4.80 Å². The summed E-state index contributed by atoms with van der Waals surface area (Å²) in [5.74, 6) is 0.346. The highest BCUT2D eigenvalue weighted by Crippen LogP contribution is 2.14.